The Morgan fingerprint density at radius 3 is 2.33 bits per heavy atom. The van der Waals surface area contributed by atoms with Crippen molar-refractivity contribution in [3.05, 3.63) is 29.8 Å². The zero-order valence-corrected chi connectivity index (χ0v) is 13.5. The van der Waals surface area contributed by atoms with Gasteiger partial charge in [0.2, 0.25) is 0 Å². The van der Waals surface area contributed by atoms with Gasteiger partial charge in [-0.25, -0.2) is 0 Å². The van der Waals surface area contributed by atoms with Crippen LogP contribution in [-0.4, -0.2) is 26.2 Å². The lowest BCUT2D eigenvalue weighted by atomic mass is 9.73. The number of carbonyl (C=O) groups is 1. The van der Waals surface area contributed by atoms with Gasteiger partial charge in [0.15, 0.2) is 0 Å². The van der Waals surface area contributed by atoms with Gasteiger partial charge >= 0.3 is 5.97 Å². The van der Waals surface area contributed by atoms with Crippen LogP contribution in [0, 0.1) is 11.3 Å². The fourth-order valence-electron chi connectivity index (χ4n) is 2.48. The Bertz CT molecular complexity index is 442. The highest BCUT2D eigenvalue weighted by Gasteiger charge is 2.41. The molecule has 0 aliphatic rings. The number of hydrogen-bond donors (Lipinski definition) is 1. The summed E-state index contributed by atoms with van der Waals surface area (Å²) in [5.41, 5.74) is 6.48. The van der Waals surface area contributed by atoms with E-state index in [0.717, 1.165) is 12.2 Å². The van der Waals surface area contributed by atoms with Crippen LogP contribution in [0.3, 0.4) is 0 Å². The molecular formula is C17H27NO3. The average molecular weight is 293 g/mol. The van der Waals surface area contributed by atoms with Crippen molar-refractivity contribution in [2.24, 2.45) is 17.1 Å². The maximum atomic E-state index is 12.3. The molecule has 1 unspecified atom stereocenters. The smallest absolute Gasteiger partial charge is 0.313 e. The molecule has 2 N–H and O–H groups in total. The molecule has 0 heterocycles. The van der Waals surface area contributed by atoms with E-state index in [1.807, 2.05) is 45.0 Å². The fourth-order valence-corrected chi connectivity index (χ4v) is 2.48. The molecule has 0 aliphatic heterocycles. The molecule has 0 saturated heterocycles. The number of hydrogen-bond acceptors (Lipinski definition) is 4. The maximum absolute atomic E-state index is 12.3. The van der Waals surface area contributed by atoms with Crippen molar-refractivity contribution in [1.29, 1.82) is 0 Å². The molecule has 0 fully saturated rings. The minimum atomic E-state index is -0.615. The number of carbonyl (C=O) groups excluding carboxylic acids is 1. The van der Waals surface area contributed by atoms with Crippen LogP contribution in [0.2, 0.25) is 0 Å². The molecule has 0 radical (unpaired) electrons. The second-order valence-electron chi connectivity index (χ2n) is 5.58. The highest BCUT2D eigenvalue weighted by molar-refractivity contribution is 5.77. The van der Waals surface area contributed by atoms with Gasteiger partial charge in [-0.2, -0.15) is 0 Å². The van der Waals surface area contributed by atoms with Gasteiger partial charge in [-0.15, -0.1) is 0 Å². The Balaban J connectivity index is 2.83. The fraction of sp³-hybridized carbons (Fsp3) is 0.588. The molecule has 0 aromatic heterocycles. The first-order chi connectivity index (χ1) is 10.00. The summed E-state index contributed by atoms with van der Waals surface area (Å²) in [6.07, 6.45) is 1.48. The predicted molar refractivity (Wildman–Crippen MR) is 84.3 cm³/mol. The van der Waals surface area contributed by atoms with Gasteiger partial charge in [-0.3, -0.25) is 4.79 Å². The second-order valence-corrected chi connectivity index (χ2v) is 5.58. The molecule has 0 aliphatic carbocycles. The van der Waals surface area contributed by atoms with E-state index >= 15 is 0 Å². The van der Waals surface area contributed by atoms with E-state index in [0.29, 0.717) is 19.6 Å². The number of benzene rings is 1. The lowest BCUT2D eigenvalue weighted by Gasteiger charge is -2.34. The van der Waals surface area contributed by atoms with E-state index in [4.69, 9.17) is 15.2 Å². The number of methoxy groups -OCH3 is 1. The molecule has 1 atom stereocenters. The molecule has 4 heteroatoms. The minimum absolute atomic E-state index is 0.139. The lowest BCUT2D eigenvalue weighted by Crippen LogP contribution is -2.44. The summed E-state index contributed by atoms with van der Waals surface area (Å²) in [5.74, 6) is 0.786. The summed E-state index contributed by atoms with van der Waals surface area (Å²) in [5, 5.41) is 0. The van der Waals surface area contributed by atoms with Crippen LogP contribution in [0.15, 0.2) is 24.3 Å². The van der Waals surface area contributed by atoms with Crippen molar-refractivity contribution in [2.45, 2.75) is 33.6 Å². The van der Waals surface area contributed by atoms with Crippen LogP contribution >= 0.6 is 0 Å². The third-order valence-electron chi connectivity index (χ3n) is 4.17. The second kappa shape index (κ2) is 8.03. The van der Waals surface area contributed by atoms with Gasteiger partial charge in [-0.05, 0) is 43.4 Å². The Kier molecular flexibility index (Phi) is 6.69. The highest BCUT2D eigenvalue weighted by Crippen LogP contribution is 2.33. The van der Waals surface area contributed by atoms with Crippen LogP contribution in [0.1, 0.15) is 32.8 Å². The number of nitrogens with two attached hydrogens (primary N) is 1. The monoisotopic (exact) mass is 293 g/mol. The van der Waals surface area contributed by atoms with E-state index in [2.05, 4.69) is 0 Å². The molecule has 1 aromatic carbocycles. The summed E-state index contributed by atoms with van der Waals surface area (Å²) < 4.78 is 10.4. The number of aryl methyl sites for hydroxylation is 1. The SMILES string of the molecule is CCOC(=O)C(CN)(CCc1ccc(OC)cc1)C(C)C. The summed E-state index contributed by atoms with van der Waals surface area (Å²) >= 11 is 0. The standard InChI is InChI=1S/C17H27NO3/c1-5-21-16(19)17(12-18,13(2)3)11-10-14-6-8-15(20-4)9-7-14/h6-9,13H,5,10-12,18H2,1-4H3. The summed E-state index contributed by atoms with van der Waals surface area (Å²) in [4.78, 5) is 12.3. The Morgan fingerprint density at radius 1 is 1.29 bits per heavy atom. The van der Waals surface area contributed by atoms with Crippen molar-refractivity contribution in [3.63, 3.8) is 0 Å². The number of ether oxygens (including phenoxy) is 2. The molecule has 1 aromatic rings. The summed E-state index contributed by atoms with van der Waals surface area (Å²) in [6, 6.07) is 7.90. The third-order valence-corrected chi connectivity index (χ3v) is 4.17. The van der Waals surface area contributed by atoms with Crippen LogP contribution in [0.25, 0.3) is 0 Å². The van der Waals surface area contributed by atoms with Gasteiger partial charge in [0.05, 0.1) is 19.1 Å². The average Bonchev–Trinajstić information content (AvgIpc) is 2.49. The van der Waals surface area contributed by atoms with Crippen LogP contribution in [-0.2, 0) is 16.0 Å². The highest BCUT2D eigenvalue weighted by atomic mass is 16.5. The number of rotatable bonds is 8. The van der Waals surface area contributed by atoms with Gasteiger partial charge in [0, 0.05) is 6.54 Å². The minimum Gasteiger partial charge on any atom is -0.497 e. The molecule has 21 heavy (non-hydrogen) atoms. The quantitative estimate of drug-likeness (QED) is 0.749. The van der Waals surface area contributed by atoms with Gasteiger partial charge in [-0.1, -0.05) is 26.0 Å². The van der Waals surface area contributed by atoms with Gasteiger partial charge in [0.1, 0.15) is 5.75 Å². The topological polar surface area (TPSA) is 61.5 Å². The zero-order valence-electron chi connectivity index (χ0n) is 13.5. The van der Waals surface area contributed by atoms with E-state index in [-0.39, 0.29) is 11.9 Å². The first kappa shape index (κ1) is 17.5. The Morgan fingerprint density at radius 2 is 1.90 bits per heavy atom. The van der Waals surface area contributed by atoms with Gasteiger partial charge in [0.25, 0.3) is 0 Å². The van der Waals surface area contributed by atoms with E-state index in [9.17, 15) is 4.79 Å². The molecule has 4 nitrogen and oxygen atoms in total. The van der Waals surface area contributed by atoms with Crippen molar-refractivity contribution in [3.8, 4) is 5.75 Å². The molecule has 0 bridgehead atoms. The van der Waals surface area contributed by atoms with E-state index in [1.54, 1.807) is 7.11 Å². The first-order valence-electron chi connectivity index (χ1n) is 7.50. The largest absolute Gasteiger partial charge is 0.497 e. The predicted octanol–water partition coefficient (Wildman–Crippen LogP) is 2.79. The molecule has 0 amide bonds. The van der Waals surface area contributed by atoms with Crippen LogP contribution in [0.5, 0.6) is 5.75 Å². The molecule has 0 spiro atoms. The Labute approximate surface area is 127 Å². The van der Waals surface area contributed by atoms with Crippen molar-refractivity contribution in [1.82, 2.24) is 0 Å². The summed E-state index contributed by atoms with van der Waals surface area (Å²) in [6.45, 7) is 6.56. The molecule has 118 valence electrons. The van der Waals surface area contributed by atoms with Crippen LogP contribution in [0.4, 0.5) is 0 Å². The summed E-state index contributed by atoms with van der Waals surface area (Å²) in [7, 11) is 1.65. The molecule has 1 rings (SSSR count). The van der Waals surface area contributed by atoms with Gasteiger partial charge < -0.3 is 15.2 Å². The number of esters is 1. The molecule has 0 saturated carbocycles. The van der Waals surface area contributed by atoms with Crippen molar-refractivity contribution < 1.29 is 14.3 Å². The van der Waals surface area contributed by atoms with E-state index in [1.165, 1.54) is 5.56 Å². The lowest BCUT2D eigenvalue weighted by molar-refractivity contribution is -0.158. The normalized spacial score (nSPS) is 13.8. The maximum Gasteiger partial charge on any atom is 0.313 e. The Hall–Kier alpha value is -1.55. The first-order valence-corrected chi connectivity index (χ1v) is 7.50. The van der Waals surface area contributed by atoms with Crippen LogP contribution < -0.4 is 10.5 Å². The van der Waals surface area contributed by atoms with E-state index < -0.39 is 5.41 Å². The van der Waals surface area contributed by atoms with Crippen molar-refractivity contribution in [2.75, 3.05) is 20.3 Å². The zero-order chi connectivity index (χ0) is 15.9. The third kappa shape index (κ3) is 4.21. The van der Waals surface area contributed by atoms with Crippen molar-refractivity contribution >= 4 is 5.97 Å². The molecular weight excluding hydrogens is 266 g/mol.